The quantitative estimate of drug-likeness (QED) is 0.769. The monoisotopic (exact) mass is 326 g/mol. The van der Waals surface area contributed by atoms with Crippen LogP contribution in [-0.4, -0.2) is 25.1 Å². The number of fused-ring (bicyclic) bond motifs is 1. The van der Waals surface area contributed by atoms with Crippen molar-refractivity contribution in [2.24, 2.45) is 0 Å². The molecule has 3 rings (SSSR count). The van der Waals surface area contributed by atoms with Gasteiger partial charge in [-0.1, -0.05) is 35.6 Å². The minimum absolute atomic E-state index is 0.249. The van der Waals surface area contributed by atoms with Crippen LogP contribution in [0.2, 0.25) is 0 Å². The number of hydrogen-bond acceptors (Lipinski definition) is 4. The summed E-state index contributed by atoms with van der Waals surface area (Å²) in [5.74, 6) is 0. The summed E-state index contributed by atoms with van der Waals surface area (Å²) in [6.07, 6.45) is 0. The predicted molar refractivity (Wildman–Crippen MR) is 96.2 cm³/mol. The van der Waals surface area contributed by atoms with Crippen molar-refractivity contribution in [1.29, 1.82) is 0 Å². The van der Waals surface area contributed by atoms with Gasteiger partial charge in [-0.05, 0) is 29.8 Å². The first-order valence-corrected chi connectivity index (χ1v) is 8.10. The molecule has 2 amide bonds. The first-order chi connectivity index (χ1) is 11.1. The highest BCUT2D eigenvalue weighted by molar-refractivity contribution is 7.22. The highest BCUT2D eigenvalue weighted by atomic mass is 32.1. The number of thiazole rings is 1. The van der Waals surface area contributed by atoms with Crippen molar-refractivity contribution in [2.75, 3.05) is 24.3 Å². The molecule has 5 nitrogen and oxygen atoms in total. The molecule has 0 aliphatic heterocycles. The Morgan fingerprint density at radius 2 is 1.87 bits per heavy atom. The van der Waals surface area contributed by atoms with E-state index in [2.05, 4.69) is 15.6 Å². The van der Waals surface area contributed by atoms with Crippen LogP contribution < -0.4 is 15.5 Å². The van der Waals surface area contributed by atoms with Gasteiger partial charge in [-0.25, -0.2) is 9.78 Å². The van der Waals surface area contributed by atoms with Gasteiger partial charge in [-0.3, -0.25) is 5.32 Å². The smallest absolute Gasteiger partial charge is 0.321 e. The number of amides is 2. The number of carbonyl (C=O) groups excluding carboxylic acids is 1. The van der Waals surface area contributed by atoms with Gasteiger partial charge in [0.25, 0.3) is 0 Å². The molecule has 0 bridgehead atoms. The van der Waals surface area contributed by atoms with E-state index in [1.807, 2.05) is 67.5 Å². The van der Waals surface area contributed by atoms with Crippen LogP contribution in [0.4, 0.5) is 15.6 Å². The fourth-order valence-corrected chi connectivity index (χ4v) is 3.02. The summed E-state index contributed by atoms with van der Waals surface area (Å²) in [6.45, 7) is 0.477. The van der Waals surface area contributed by atoms with Crippen LogP contribution >= 0.6 is 11.3 Å². The normalized spacial score (nSPS) is 10.5. The lowest BCUT2D eigenvalue weighted by Gasteiger charge is -2.12. The molecule has 0 aliphatic rings. The molecule has 1 heterocycles. The SMILES string of the molecule is CN(C)c1ccc(CNC(=O)Nc2nc3ccccc3s2)cc1. The standard InChI is InChI=1S/C17H18N4OS/c1-21(2)13-9-7-12(8-10-13)11-18-16(22)20-17-19-14-5-3-4-6-15(14)23-17/h3-10H,11H2,1-2H3,(H2,18,19,20,22). The van der Waals surface area contributed by atoms with Gasteiger partial charge < -0.3 is 10.2 Å². The number of nitrogens with one attached hydrogen (secondary N) is 2. The van der Waals surface area contributed by atoms with Crippen LogP contribution in [0.1, 0.15) is 5.56 Å². The van der Waals surface area contributed by atoms with Crippen molar-refractivity contribution in [3.05, 3.63) is 54.1 Å². The van der Waals surface area contributed by atoms with Gasteiger partial charge in [-0.15, -0.1) is 0 Å². The Balaban J connectivity index is 1.56. The van der Waals surface area contributed by atoms with E-state index < -0.39 is 0 Å². The number of nitrogens with zero attached hydrogens (tertiary/aromatic N) is 2. The highest BCUT2D eigenvalue weighted by Gasteiger charge is 2.07. The number of carbonyl (C=O) groups is 1. The van der Waals surface area contributed by atoms with E-state index in [-0.39, 0.29) is 6.03 Å². The summed E-state index contributed by atoms with van der Waals surface area (Å²) in [5, 5.41) is 6.23. The molecule has 2 N–H and O–H groups in total. The molecule has 23 heavy (non-hydrogen) atoms. The average molecular weight is 326 g/mol. The van der Waals surface area contributed by atoms with E-state index in [1.54, 1.807) is 0 Å². The second-order valence-electron chi connectivity index (χ2n) is 5.36. The van der Waals surface area contributed by atoms with Crippen LogP contribution in [0, 0.1) is 0 Å². The van der Waals surface area contributed by atoms with E-state index in [0.29, 0.717) is 11.7 Å². The summed E-state index contributed by atoms with van der Waals surface area (Å²) in [4.78, 5) is 18.4. The second kappa shape index (κ2) is 6.66. The van der Waals surface area contributed by atoms with Crippen LogP contribution in [0.5, 0.6) is 0 Å². The molecule has 118 valence electrons. The number of para-hydroxylation sites is 1. The zero-order chi connectivity index (χ0) is 16.2. The summed E-state index contributed by atoms with van der Waals surface area (Å²) in [5.41, 5.74) is 3.08. The molecule has 0 aliphatic carbocycles. The third-order valence-corrected chi connectivity index (χ3v) is 4.37. The molecule has 0 atom stereocenters. The van der Waals surface area contributed by atoms with Gasteiger partial charge in [0.05, 0.1) is 10.2 Å². The maximum atomic E-state index is 12.0. The second-order valence-corrected chi connectivity index (χ2v) is 6.39. The van der Waals surface area contributed by atoms with Crippen molar-refractivity contribution in [1.82, 2.24) is 10.3 Å². The van der Waals surface area contributed by atoms with Crippen LogP contribution in [0.25, 0.3) is 10.2 Å². The highest BCUT2D eigenvalue weighted by Crippen LogP contribution is 2.25. The zero-order valence-electron chi connectivity index (χ0n) is 13.0. The molecule has 0 saturated carbocycles. The number of aromatic nitrogens is 1. The van der Waals surface area contributed by atoms with Crippen molar-refractivity contribution in [3.8, 4) is 0 Å². The van der Waals surface area contributed by atoms with Gasteiger partial charge in [-0.2, -0.15) is 0 Å². The van der Waals surface area contributed by atoms with E-state index in [1.165, 1.54) is 11.3 Å². The molecule has 3 aromatic rings. The van der Waals surface area contributed by atoms with Gasteiger partial charge in [0.2, 0.25) is 0 Å². The van der Waals surface area contributed by atoms with E-state index >= 15 is 0 Å². The Labute approximate surface area is 139 Å². The molecule has 0 fully saturated rings. The minimum atomic E-state index is -0.249. The number of benzene rings is 2. The number of anilines is 2. The largest absolute Gasteiger partial charge is 0.378 e. The molecule has 0 unspecified atom stereocenters. The average Bonchev–Trinajstić information content (AvgIpc) is 2.95. The number of rotatable bonds is 4. The third kappa shape index (κ3) is 3.78. The van der Waals surface area contributed by atoms with Crippen molar-refractivity contribution < 1.29 is 4.79 Å². The lowest BCUT2D eigenvalue weighted by atomic mass is 10.2. The number of hydrogen-bond donors (Lipinski definition) is 2. The third-order valence-electron chi connectivity index (χ3n) is 3.42. The summed E-state index contributed by atoms with van der Waals surface area (Å²) >= 11 is 1.46. The van der Waals surface area contributed by atoms with Crippen molar-refractivity contribution in [2.45, 2.75) is 6.54 Å². The molecule has 0 saturated heterocycles. The minimum Gasteiger partial charge on any atom is -0.378 e. The van der Waals surface area contributed by atoms with Crippen LogP contribution in [0.15, 0.2) is 48.5 Å². The summed E-state index contributed by atoms with van der Waals surface area (Å²) in [7, 11) is 4.00. The Bertz CT molecular complexity index is 778. The maximum Gasteiger partial charge on any atom is 0.321 e. The Morgan fingerprint density at radius 1 is 1.13 bits per heavy atom. The van der Waals surface area contributed by atoms with Crippen molar-refractivity contribution >= 4 is 38.4 Å². The predicted octanol–water partition coefficient (Wildman–Crippen LogP) is 3.68. The van der Waals surface area contributed by atoms with Gasteiger partial charge >= 0.3 is 6.03 Å². The number of urea groups is 1. The lowest BCUT2D eigenvalue weighted by molar-refractivity contribution is 0.251. The van der Waals surface area contributed by atoms with Gasteiger partial charge in [0.15, 0.2) is 5.13 Å². The fourth-order valence-electron chi connectivity index (χ4n) is 2.16. The lowest BCUT2D eigenvalue weighted by Crippen LogP contribution is -2.28. The Hall–Kier alpha value is -2.60. The first kappa shape index (κ1) is 15.3. The van der Waals surface area contributed by atoms with Crippen LogP contribution in [0.3, 0.4) is 0 Å². The fraction of sp³-hybridized carbons (Fsp3) is 0.176. The van der Waals surface area contributed by atoms with Gasteiger partial charge in [0.1, 0.15) is 0 Å². The summed E-state index contributed by atoms with van der Waals surface area (Å²) in [6, 6.07) is 15.6. The molecule has 2 aromatic carbocycles. The zero-order valence-corrected chi connectivity index (χ0v) is 13.9. The van der Waals surface area contributed by atoms with Crippen LogP contribution in [-0.2, 0) is 6.54 Å². The molecule has 1 aromatic heterocycles. The molecule has 0 spiro atoms. The molecular weight excluding hydrogens is 308 g/mol. The van der Waals surface area contributed by atoms with E-state index in [0.717, 1.165) is 21.5 Å². The Morgan fingerprint density at radius 3 is 2.57 bits per heavy atom. The first-order valence-electron chi connectivity index (χ1n) is 7.28. The topological polar surface area (TPSA) is 57.3 Å². The molecular formula is C17H18N4OS. The van der Waals surface area contributed by atoms with E-state index in [4.69, 9.17) is 0 Å². The Kier molecular flexibility index (Phi) is 4.43. The molecule has 6 heteroatoms. The maximum absolute atomic E-state index is 12.0. The van der Waals surface area contributed by atoms with Gasteiger partial charge in [0, 0.05) is 26.3 Å². The molecule has 0 radical (unpaired) electrons. The van der Waals surface area contributed by atoms with E-state index in [9.17, 15) is 4.79 Å². The van der Waals surface area contributed by atoms with Crippen molar-refractivity contribution in [3.63, 3.8) is 0 Å². The summed E-state index contributed by atoms with van der Waals surface area (Å²) < 4.78 is 1.06.